The summed E-state index contributed by atoms with van der Waals surface area (Å²) >= 11 is 0. The molecule has 0 saturated carbocycles. The lowest BCUT2D eigenvalue weighted by atomic mass is 10.2. The molecule has 11 heteroatoms. The van der Waals surface area contributed by atoms with Crippen molar-refractivity contribution in [1.29, 1.82) is 0 Å². The van der Waals surface area contributed by atoms with Gasteiger partial charge in [0.15, 0.2) is 0 Å². The highest BCUT2D eigenvalue weighted by atomic mass is 32.2. The van der Waals surface area contributed by atoms with Gasteiger partial charge in [0, 0.05) is 18.6 Å². The monoisotopic (exact) mass is 344 g/mol. The fraction of sp³-hybridized carbons (Fsp3) is 0.182. The Balaban J connectivity index is 2.27. The molecule has 0 aromatic carbocycles. The van der Waals surface area contributed by atoms with Gasteiger partial charge in [-0.3, -0.25) is 4.98 Å². The van der Waals surface area contributed by atoms with Crippen LogP contribution >= 0.6 is 0 Å². The number of aromatic nitrogens is 1. The lowest BCUT2D eigenvalue weighted by Gasteiger charge is -2.39. The predicted octanol–water partition coefficient (Wildman–Crippen LogP) is -0.820. The Labute approximate surface area is 127 Å². The average molecular weight is 344 g/mol. The van der Waals surface area contributed by atoms with Crippen LogP contribution in [0.25, 0.3) is 0 Å². The molecule has 2 aliphatic heterocycles. The summed E-state index contributed by atoms with van der Waals surface area (Å²) in [6, 6.07) is 1.48. The summed E-state index contributed by atoms with van der Waals surface area (Å²) in [5, 5.41) is 5.22. The minimum absolute atomic E-state index is 0.0241. The summed E-state index contributed by atoms with van der Waals surface area (Å²) in [6.07, 6.45) is 4.30. The van der Waals surface area contributed by atoms with Crippen molar-refractivity contribution in [1.82, 2.24) is 9.71 Å². The van der Waals surface area contributed by atoms with Gasteiger partial charge in [0.25, 0.3) is 0 Å². The summed E-state index contributed by atoms with van der Waals surface area (Å²) < 4.78 is 55.6. The highest BCUT2D eigenvalue weighted by molar-refractivity contribution is 7.93. The highest BCUT2D eigenvalue weighted by Crippen LogP contribution is 2.36. The zero-order valence-corrected chi connectivity index (χ0v) is 12.9. The maximum absolute atomic E-state index is 12.3. The Kier molecular flexibility index (Phi) is 3.25. The van der Waals surface area contributed by atoms with E-state index in [4.69, 9.17) is 9.88 Å². The molecule has 118 valence electrons. The van der Waals surface area contributed by atoms with E-state index in [-0.39, 0.29) is 15.6 Å². The van der Waals surface area contributed by atoms with Crippen LogP contribution in [0.2, 0.25) is 0 Å². The number of rotatable bonds is 2. The van der Waals surface area contributed by atoms with Crippen LogP contribution in [0.3, 0.4) is 0 Å². The molecule has 1 aromatic heterocycles. The number of nitrogens with two attached hydrogens (primary N) is 1. The summed E-state index contributed by atoms with van der Waals surface area (Å²) in [5.41, 5.74) is 0.298. The van der Waals surface area contributed by atoms with Crippen LogP contribution in [0.4, 0.5) is 5.69 Å². The maximum atomic E-state index is 12.3. The molecule has 9 nitrogen and oxygen atoms in total. The number of allylic oxidation sites excluding steroid dienone is 1. The quantitative estimate of drug-likeness (QED) is 0.716. The number of methoxy groups -OCH3 is 1. The number of hydrogen-bond donors (Lipinski definition) is 2. The Bertz CT molecular complexity index is 904. The first kappa shape index (κ1) is 15.0. The number of sulfonamides is 2. The van der Waals surface area contributed by atoms with E-state index in [2.05, 4.69) is 9.71 Å². The van der Waals surface area contributed by atoms with Crippen molar-refractivity contribution in [3.05, 3.63) is 41.4 Å². The Morgan fingerprint density at radius 2 is 2.18 bits per heavy atom. The fourth-order valence-electron chi connectivity index (χ4n) is 2.37. The fourth-order valence-corrected chi connectivity index (χ4v) is 4.67. The van der Waals surface area contributed by atoms with E-state index in [0.29, 0.717) is 5.69 Å². The molecule has 0 amide bonds. The summed E-state index contributed by atoms with van der Waals surface area (Å²) in [5.74, 6) is -0.0241. The van der Waals surface area contributed by atoms with Gasteiger partial charge in [0.1, 0.15) is 21.7 Å². The van der Waals surface area contributed by atoms with Crippen molar-refractivity contribution in [3.8, 4) is 0 Å². The molecule has 1 unspecified atom stereocenters. The van der Waals surface area contributed by atoms with Crippen molar-refractivity contribution in [2.24, 2.45) is 5.14 Å². The molecule has 3 rings (SSSR count). The third-order valence-electron chi connectivity index (χ3n) is 3.28. The van der Waals surface area contributed by atoms with Crippen molar-refractivity contribution in [2.45, 2.75) is 11.1 Å². The summed E-state index contributed by atoms with van der Waals surface area (Å²) in [4.78, 5) is 4.82. The Morgan fingerprint density at radius 3 is 2.82 bits per heavy atom. The van der Waals surface area contributed by atoms with Gasteiger partial charge in [-0.2, -0.15) is 4.72 Å². The van der Waals surface area contributed by atoms with Crippen LogP contribution in [-0.2, 0) is 24.8 Å². The van der Waals surface area contributed by atoms with Crippen molar-refractivity contribution < 1.29 is 21.6 Å². The molecule has 3 N–H and O–H groups in total. The topological polar surface area (TPSA) is 132 Å². The second-order valence-electron chi connectivity index (χ2n) is 4.57. The minimum atomic E-state index is -4.19. The van der Waals surface area contributed by atoms with Crippen LogP contribution in [-0.4, -0.2) is 35.1 Å². The lowest BCUT2D eigenvalue weighted by molar-refractivity contribution is 0.299. The minimum Gasteiger partial charge on any atom is -0.495 e. The normalized spacial score (nSPS) is 23.0. The number of anilines is 1. The van der Waals surface area contributed by atoms with Crippen LogP contribution in [0.1, 0.15) is 0 Å². The second-order valence-corrected chi connectivity index (χ2v) is 7.78. The first-order valence-electron chi connectivity index (χ1n) is 5.99. The van der Waals surface area contributed by atoms with Gasteiger partial charge in [-0.1, -0.05) is 0 Å². The number of ether oxygens (including phenoxy) is 1. The summed E-state index contributed by atoms with van der Waals surface area (Å²) in [6.45, 7) is 0. The molecule has 2 aliphatic rings. The molecule has 0 saturated heterocycles. The molecule has 1 atom stereocenters. The zero-order valence-electron chi connectivity index (χ0n) is 11.3. The van der Waals surface area contributed by atoms with E-state index >= 15 is 0 Å². The van der Waals surface area contributed by atoms with E-state index < -0.39 is 26.2 Å². The Hall–Kier alpha value is -1.95. The average Bonchev–Trinajstić information content (AvgIpc) is 2.44. The third-order valence-corrected chi connectivity index (χ3v) is 5.74. The van der Waals surface area contributed by atoms with Gasteiger partial charge in [-0.15, -0.1) is 0 Å². The largest absolute Gasteiger partial charge is 0.495 e. The van der Waals surface area contributed by atoms with Gasteiger partial charge in [0.05, 0.1) is 12.8 Å². The summed E-state index contributed by atoms with van der Waals surface area (Å²) in [7, 11) is -6.85. The van der Waals surface area contributed by atoms with Gasteiger partial charge in [-0.25, -0.2) is 22.0 Å². The standard InChI is InChI=1S/C11H12N4O5S2/c1-20-8-3-5-15-7-2-4-13-6-9(7)22(18,19)14-11(15)10(8)21(12,16)17/h2-6,11,14H,1H3,(H2,12,16,17). The molecule has 0 spiro atoms. The van der Waals surface area contributed by atoms with Gasteiger partial charge in [0.2, 0.25) is 20.0 Å². The van der Waals surface area contributed by atoms with E-state index in [1.165, 1.54) is 42.7 Å². The molecular weight excluding hydrogens is 332 g/mol. The number of pyridine rings is 1. The van der Waals surface area contributed by atoms with Crippen LogP contribution in [0.15, 0.2) is 46.3 Å². The molecule has 22 heavy (non-hydrogen) atoms. The number of fused-ring (bicyclic) bond motifs is 3. The van der Waals surface area contributed by atoms with Gasteiger partial charge >= 0.3 is 0 Å². The van der Waals surface area contributed by atoms with Crippen molar-refractivity contribution in [2.75, 3.05) is 12.0 Å². The van der Waals surface area contributed by atoms with Crippen LogP contribution in [0.5, 0.6) is 0 Å². The van der Waals surface area contributed by atoms with E-state index in [9.17, 15) is 16.8 Å². The molecule has 0 aliphatic carbocycles. The van der Waals surface area contributed by atoms with Gasteiger partial charge < -0.3 is 9.64 Å². The lowest BCUT2D eigenvalue weighted by Crippen LogP contribution is -2.54. The second kappa shape index (κ2) is 4.78. The molecular formula is C11H12N4O5S2. The number of nitrogens with zero attached hydrogens (tertiary/aromatic N) is 2. The SMILES string of the molecule is COC1=C(S(N)(=O)=O)C2NS(=O)(=O)c3cnccc3N2C=C1. The zero-order chi connectivity index (χ0) is 16.1. The molecule has 0 bridgehead atoms. The van der Waals surface area contributed by atoms with Crippen LogP contribution in [0, 0.1) is 0 Å². The maximum Gasteiger partial charge on any atom is 0.246 e. The van der Waals surface area contributed by atoms with E-state index in [1.807, 2.05) is 0 Å². The van der Waals surface area contributed by atoms with Crippen molar-refractivity contribution >= 4 is 25.7 Å². The third kappa shape index (κ3) is 2.18. The van der Waals surface area contributed by atoms with Gasteiger partial charge in [-0.05, 0) is 12.1 Å². The highest BCUT2D eigenvalue weighted by Gasteiger charge is 2.42. The van der Waals surface area contributed by atoms with Crippen LogP contribution < -0.4 is 14.8 Å². The predicted molar refractivity (Wildman–Crippen MR) is 77.1 cm³/mol. The van der Waals surface area contributed by atoms with Crippen molar-refractivity contribution in [3.63, 3.8) is 0 Å². The smallest absolute Gasteiger partial charge is 0.246 e. The molecule has 0 radical (unpaired) electrons. The number of nitrogens with one attached hydrogen (secondary N) is 1. The first-order valence-corrected chi connectivity index (χ1v) is 9.02. The molecule has 0 fully saturated rings. The van der Waals surface area contributed by atoms with E-state index in [0.717, 1.165) is 0 Å². The molecule has 3 heterocycles. The Morgan fingerprint density at radius 1 is 1.45 bits per heavy atom. The number of primary sulfonamides is 1. The first-order chi connectivity index (χ1) is 10.3. The number of hydrogen-bond acceptors (Lipinski definition) is 7. The van der Waals surface area contributed by atoms with E-state index in [1.54, 1.807) is 0 Å². The molecule has 1 aromatic rings.